The maximum absolute atomic E-state index is 12.5. The zero-order valence-electron chi connectivity index (χ0n) is 14.3. The van der Waals surface area contributed by atoms with Gasteiger partial charge >= 0.3 is 0 Å². The molecule has 1 N–H and O–H groups in total. The smallest absolute Gasteiger partial charge is 0.223 e. The van der Waals surface area contributed by atoms with Gasteiger partial charge in [0.2, 0.25) is 5.91 Å². The van der Waals surface area contributed by atoms with E-state index >= 15 is 0 Å². The molecule has 2 aliphatic rings. The van der Waals surface area contributed by atoms with Gasteiger partial charge in [0.25, 0.3) is 0 Å². The Morgan fingerprint density at radius 3 is 2.78 bits per heavy atom. The summed E-state index contributed by atoms with van der Waals surface area (Å²) in [6.07, 6.45) is 7.62. The van der Waals surface area contributed by atoms with Gasteiger partial charge in [-0.1, -0.05) is 6.42 Å². The van der Waals surface area contributed by atoms with E-state index in [0.717, 1.165) is 31.2 Å². The van der Waals surface area contributed by atoms with E-state index in [9.17, 15) is 4.79 Å². The van der Waals surface area contributed by atoms with E-state index < -0.39 is 0 Å². The molecule has 2 aliphatic heterocycles. The highest BCUT2D eigenvalue weighted by Crippen LogP contribution is 2.20. The predicted molar refractivity (Wildman–Crippen MR) is 89.0 cm³/mol. The van der Waals surface area contributed by atoms with E-state index in [-0.39, 0.29) is 5.91 Å². The van der Waals surface area contributed by atoms with Gasteiger partial charge in [-0.15, -0.1) is 0 Å². The first-order chi connectivity index (χ1) is 11.2. The largest absolute Gasteiger partial charge is 0.342 e. The molecule has 6 nitrogen and oxygen atoms in total. The van der Waals surface area contributed by atoms with Crippen molar-refractivity contribution >= 4 is 5.91 Å². The van der Waals surface area contributed by atoms with Crippen molar-refractivity contribution in [2.24, 2.45) is 5.92 Å². The van der Waals surface area contributed by atoms with Crippen molar-refractivity contribution in [1.82, 2.24) is 25.0 Å². The normalized spacial score (nSPS) is 23.2. The van der Waals surface area contributed by atoms with Gasteiger partial charge in [-0.2, -0.15) is 5.10 Å². The van der Waals surface area contributed by atoms with E-state index in [0.29, 0.717) is 18.8 Å². The van der Waals surface area contributed by atoms with Crippen molar-refractivity contribution < 1.29 is 4.79 Å². The third-order valence-electron chi connectivity index (χ3n) is 5.04. The average Bonchev–Trinajstić information content (AvgIpc) is 2.99. The van der Waals surface area contributed by atoms with Crippen LogP contribution < -0.4 is 0 Å². The van der Waals surface area contributed by atoms with E-state index in [1.807, 2.05) is 6.92 Å². The molecule has 1 unspecified atom stereocenters. The summed E-state index contributed by atoms with van der Waals surface area (Å²) in [4.78, 5) is 21.4. The molecule has 128 valence electrons. The topological polar surface area (TPSA) is 65.1 Å². The summed E-state index contributed by atoms with van der Waals surface area (Å²) in [6, 6.07) is 0. The Hall–Kier alpha value is -1.43. The van der Waals surface area contributed by atoms with Crippen molar-refractivity contribution in [2.75, 3.05) is 32.7 Å². The van der Waals surface area contributed by atoms with Crippen LogP contribution in [0.25, 0.3) is 0 Å². The van der Waals surface area contributed by atoms with Gasteiger partial charge in [0.15, 0.2) is 5.82 Å². The molecule has 2 fully saturated rings. The molecular formula is C17H29N5O. The summed E-state index contributed by atoms with van der Waals surface area (Å²) in [5, 5.41) is 6.94. The minimum atomic E-state index is 0.260. The number of nitrogens with one attached hydrogen (secondary N) is 1. The maximum atomic E-state index is 12.5. The number of aromatic amines is 1. The highest BCUT2D eigenvalue weighted by Gasteiger charge is 2.25. The second kappa shape index (κ2) is 7.90. The fourth-order valence-corrected chi connectivity index (χ4v) is 3.83. The fraction of sp³-hybridized carbons (Fsp3) is 0.824. The van der Waals surface area contributed by atoms with Gasteiger partial charge in [0, 0.05) is 32.5 Å². The van der Waals surface area contributed by atoms with Crippen LogP contribution in [0.5, 0.6) is 0 Å². The molecule has 2 saturated heterocycles. The molecule has 3 rings (SSSR count). The quantitative estimate of drug-likeness (QED) is 0.898. The van der Waals surface area contributed by atoms with Crippen molar-refractivity contribution in [3.8, 4) is 0 Å². The number of aryl methyl sites for hydroxylation is 2. The van der Waals surface area contributed by atoms with Crippen LogP contribution in [0.4, 0.5) is 0 Å². The monoisotopic (exact) mass is 319 g/mol. The summed E-state index contributed by atoms with van der Waals surface area (Å²) < 4.78 is 0. The summed E-state index contributed by atoms with van der Waals surface area (Å²) >= 11 is 0. The van der Waals surface area contributed by atoms with Crippen LogP contribution in [0.15, 0.2) is 0 Å². The van der Waals surface area contributed by atoms with Gasteiger partial charge in [-0.05, 0) is 51.6 Å². The van der Waals surface area contributed by atoms with Crippen molar-refractivity contribution in [3.63, 3.8) is 0 Å². The molecule has 1 atom stereocenters. The highest BCUT2D eigenvalue weighted by atomic mass is 16.2. The molecule has 6 heteroatoms. The third-order valence-corrected chi connectivity index (χ3v) is 5.04. The van der Waals surface area contributed by atoms with Gasteiger partial charge < -0.3 is 9.80 Å². The average molecular weight is 319 g/mol. The highest BCUT2D eigenvalue weighted by molar-refractivity contribution is 5.76. The lowest BCUT2D eigenvalue weighted by Crippen LogP contribution is -2.44. The molecule has 23 heavy (non-hydrogen) atoms. The van der Waals surface area contributed by atoms with Crippen LogP contribution in [-0.4, -0.2) is 63.6 Å². The summed E-state index contributed by atoms with van der Waals surface area (Å²) in [5.41, 5.74) is 0. The Labute approximate surface area is 138 Å². The molecule has 0 aliphatic carbocycles. The molecule has 0 aromatic carbocycles. The van der Waals surface area contributed by atoms with Gasteiger partial charge in [0.05, 0.1) is 0 Å². The Bertz CT molecular complexity index is 509. The second-order valence-electron chi connectivity index (χ2n) is 7.05. The number of nitrogens with zero attached hydrogens (tertiary/aromatic N) is 4. The number of amides is 1. The van der Waals surface area contributed by atoms with Crippen LogP contribution in [0.2, 0.25) is 0 Å². The number of hydrogen-bond acceptors (Lipinski definition) is 4. The van der Waals surface area contributed by atoms with Crippen LogP contribution in [0.1, 0.15) is 50.2 Å². The van der Waals surface area contributed by atoms with Crippen molar-refractivity contribution in [3.05, 3.63) is 11.6 Å². The summed E-state index contributed by atoms with van der Waals surface area (Å²) in [7, 11) is 0. The fourth-order valence-electron chi connectivity index (χ4n) is 3.83. The van der Waals surface area contributed by atoms with Crippen molar-refractivity contribution in [2.45, 2.75) is 51.9 Å². The Balaban J connectivity index is 1.44. The molecule has 0 radical (unpaired) electrons. The lowest BCUT2D eigenvalue weighted by atomic mass is 9.96. The standard InChI is InChI=1S/C17H29N5O/c1-14-18-16(20-19-14)7-8-17(23)22-11-5-6-15(13-22)12-21-9-3-2-4-10-21/h15H,2-13H2,1H3,(H,18,19,20). The van der Waals surface area contributed by atoms with E-state index in [2.05, 4.69) is 25.0 Å². The number of H-pyrrole nitrogens is 1. The minimum Gasteiger partial charge on any atom is -0.342 e. The van der Waals surface area contributed by atoms with Crippen LogP contribution in [0.3, 0.4) is 0 Å². The van der Waals surface area contributed by atoms with Gasteiger partial charge in [-0.25, -0.2) is 4.98 Å². The van der Waals surface area contributed by atoms with Crippen LogP contribution in [-0.2, 0) is 11.2 Å². The SMILES string of the molecule is Cc1nc(CCC(=O)N2CCCC(CN3CCCCC3)C2)n[nH]1. The van der Waals surface area contributed by atoms with Gasteiger partial charge in [0.1, 0.15) is 5.82 Å². The van der Waals surface area contributed by atoms with Crippen LogP contribution >= 0.6 is 0 Å². The molecular weight excluding hydrogens is 290 g/mol. The minimum absolute atomic E-state index is 0.260. The zero-order valence-corrected chi connectivity index (χ0v) is 14.3. The van der Waals surface area contributed by atoms with Crippen LogP contribution in [0, 0.1) is 12.8 Å². The maximum Gasteiger partial charge on any atom is 0.223 e. The number of aromatic nitrogens is 3. The molecule has 0 saturated carbocycles. The Kier molecular flexibility index (Phi) is 5.65. The second-order valence-corrected chi connectivity index (χ2v) is 7.05. The van der Waals surface area contributed by atoms with E-state index in [1.54, 1.807) is 0 Å². The Morgan fingerprint density at radius 2 is 2.04 bits per heavy atom. The first-order valence-corrected chi connectivity index (χ1v) is 9.09. The third kappa shape index (κ3) is 4.77. The number of likely N-dealkylation sites (tertiary alicyclic amines) is 2. The number of hydrogen-bond donors (Lipinski definition) is 1. The first-order valence-electron chi connectivity index (χ1n) is 9.09. The van der Waals surface area contributed by atoms with Gasteiger partial charge in [-0.3, -0.25) is 9.89 Å². The molecule has 1 amide bonds. The molecule has 0 bridgehead atoms. The summed E-state index contributed by atoms with van der Waals surface area (Å²) in [6.45, 7) is 7.39. The lowest BCUT2D eigenvalue weighted by Gasteiger charge is -2.37. The van der Waals surface area contributed by atoms with E-state index in [1.165, 1.54) is 45.3 Å². The summed E-state index contributed by atoms with van der Waals surface area (Å²) in [5.74, 6) is 2.47. The molecule has 1 aromatic heterocycles. The number of piperidine rings is 2. The number of rotatable bonds is 5. The Morgan fingerprint density at radius 1 is 1.22 bits per heavy atom. The number of carbonyl (C=O) groups is 1. The molecule has 1 aromatic rings. The molecule has 0 spiro atoms. The number of carbonyl (C=O) groups excluding carboxylic acids is 1. The van der Waals surface area contributed by atoms with Crippen molar-refractivity contribution in [1.29, 1.82) is 0 Å². The van der Waals surface area contributed by atoms with E-state index in [4.69, 9.17) is 0 Å². The molecule has 3 heterocycles. The zero-order chi connectivity index (χ0) is 16.1. The lowest BCUT2D eigenvalue weighted by molar-refractivity contribution is -0.133. The first kappa shape index (κ1) is 16.4. The predicted octanol–water partition coefficient (Wildman–Crippen LogP) is 1.77.